The van der Waals surface area contributed by atoms with Gasteiger partial charge in [-0.25, -0.2) is 0 Å². The van der Waals surface area contributed by atoms with Crippen molar-refractivity contribution in [3.8, 4) is 0 Å². The van der Waals surface area contributed by atoms with Crippen LogP contribution >= 0.6 is 11.6 Å². The van der Waals surface area contributed by atoms with Crippen molar-refractivity contribution >= 4 is 40.4 Å². The summed E-state index contributed by atoms with van der Waals surface area (Å²) in [6, 6.07) is 11.2. The maximum absolute atomic E-state index is 12.4. The average molecular weight is 341 g/mol. The number of hydrogen-bond donors (Lipinski definition) is 1. The predicted molar refractivity (Wildman–Crippen MR) is 96.9 cm³/mol. The van der Waals surface area contributed by atoms with Crippen LogP contribution in [0.2, 0.25) is 5.02 Å². The Kier molecular flexibility index (Phi) is 4.40. The lowest BCUT2D eigenvalue weighted by molar-refractivity contribution is -0.116. The molecule has 0 saturated heterocycles. The quantitative estimate of drug-likeness (QED) is 0.717. The van der Waals surface area contributed by atoms with E-state index >= 15 is 0 Å². The van der Waals surface area contributed by atoms with E-state index in [1.54, 1.807) is 22.9 Å². The molecular formula is C19H17ClN2O2. The Labute approximate surface area is 145 Å². The Morgan fingerprint density at radius 2 is 1.88 bits per heavy atom. The number of anilines is 1. The number of nitrogens with zero attached hydrogens (tertiary/aromatic N) is 1. The largest absolute Gasteiger partial charge is 0.337 e. The van der Waals surface area contributed by atoms with Crippen molar-refractivity contribution in [1.29, 1.82) is 0 Å². The Balaban J connectivity index is 1.86. The molecule has 0 spiro atoms. The van der Waals surface area contributed by atoms with Crippen molar-refractivity contribution in [3.05, 3.63) is 64.3 Å². The fourth-order valence-corrected chi connectivity index (χ4v) is 3.10. The molecule has 0 fully saturated rings. The van der Waals surface area contributed by atoms with E-state index in [9.17, 15) is 9.59 Å². The van der Waals surface area contributed by atoms with Crippen LogP contribution in [0.4, 0.5) is 5.69 Å². The van der Waals surface area contributed by atoms with Gasteiger partial charge >= 0.3 is 0 Å². The summed E-state index contributed by atoms with van der Waals surface area (Å²) in [6.45, 7) is 4.10. The molecule has 0 aliphatic rings. The van der Waals surface area contributed by atoms with Crippen molar-refractivity contribution in [2.75, 3.05) is 5.32 Å². The molecule has 0 atom stereocenters. The summed E-state index contributed by atoms with van der Waals surface area (Å²) >= 11 is 6.00. The first-order chi connectivity index (χ1) is 11.5. The average Bonchev–Trinajstić information content (AvgIpc) is 2.83. The first-order valence-electron chi connectivity index (χ1n) is 7.58. The smallest absolute Gasteiger partial charge is 0.244 e. The van der Waals surface area contributed by atoms with E-state index in [1.807, 2.05) is 32.0 Å². The normalized spacial score (nSPS) is 10.8. The maximum Gasteiger partial charge on any atom is 0.244 e. The third kappa shape index (κ3) is 3.34. The van der Waals surface area contributed by atoms with Crippen LogP contribution in [0.15, 0.2) is 42.6 Å². The highest BCUT2D eigenvalue weighted by atomic mass is 35.5. The Hall–Kier alpha value is -2.59. The van der Waals surface area contributed by atoms with Crippen molar-refractivity contribution in [2.45, 2.75) is 20.4 Å². The summed E-state index contributed by atoms with van der Waals surface area (Å²) in [5.41, 5.74) is 4.28. The third-order valence-corrected chi connectivity index (χ3v) is 4.06. The standard InChI is InChI=1S/C19H17ClN2O2/c1-12-5-13(2)7-16(6-12)21-19(24)10-22-9-14(11-23)17-8-15(20)3-4-18(17)22/h3-9,11H,10H2,1-2H3,(H,21,24). The number of halogens is 1. The minimum Gasteiger partial charge on any atom is -0.337 e. The molecule has 24 heavy (non-hydrogen) atoms. The second kappa shape index (κ2) is 6.49. The molecule has 1 amide bonds. The van der Waals surface area contributed by atoms with Crippen LogP contribution in [0.5, 0.6) is 0 Å². The molecule has 5 heteroatoms. The number of hydrogen-bond acceptors (Lipinski definition) is 2. The highest BCUT2D eigenvalue weighted by Gasteiger charge is 2.12. The van der Waals surface area contributed by atoms with Crippen LogP contribution in [0.25, 0.3) is 10.9 Å². The molecule has 0 aliphatic heterocycles. The maximum atomic E-state index is 12.4. The molecule has 0 bridgehead atoms. The molecular weight excluding hydrogens is 324 g/mol. The molecule has 0 unspecified atom stereocenters. The summed E-state index contributed by atoms with van der Waals surface area (Å²) in [5, 5.41) is 4.21. The lowest BCUT2D eigenvalue weighted by Gasteiger charge is -2.09. The molecule has 0 aliphatic carbocycles. The third-order valence-electron chi connectivity index (χ3n) is 3.82. The number of nitrogens with one attached hydrogen (secondary N) is 1. The van der Waals surface area contributed by atoms with E-state index in [0.29, 0.717) is 10.6 Å². The Morgan fingerprint density at radius 1 is 1.17 bits per heavy atom. The lowest BCUT2D eigenvalue weighted by atomic mass is 10.1. The molecule has 3 aromatic rings. The topological polar surface area (TPSA) is 51.1 Å². The molecule has 0 radical (unpaired) electrons. The molecule has 2 aromatic carbocycles. The van der Waals surface area contributed by atoms with Crippen molar-refractivity contribution < 1.29 is 9.59 Å². The van der Waals surface area contributed by atoms with Gasteiger partial charge in [-0.2, -0.15) is 0 Å². The number of carbonyl (C=O) groups is 2. The second-order valence-corrected chi connectivity index (χ2v) is 6.35. The fourth-order valence-electron chi connectivity index (χ4n) is 2.92. The number of aromatic nitrogens is 1. The van der Waals surface area contributed by atoms with E-state index in [2.05, 4.69) is 11.4 Å². The van der Waals surface area contributed by atoms with E-state index in [4.69, 9.17) is 11.6 Å². The van der Waals surface area contributed by atoms with Crippen LogP contribution in [0, 0.1) is 13.8 Å². The van der Waals surface area contributed by atoms with Gasteiger partial charge in [0.15, 0.2) is 6.29 Å². The van der Waals surface area contributed by atoms with Gasteiger partial charge in [0, 0.05) is 33.4 Å². The first kappa shape index (κ1) is 16.3. The molecule has 1 N–H and O–H groups in total. The molecule has 4 nitrogen and oxygen atoms in total. The number of aldehydes is 1. The summed E-state index contributed by atoms with van der Waals surface area (Å²) in [5.74, 6) is -0.149. The van der Waals surface area contributed by atoms with Crippen molar-refractivity contribution in [3.63, 3.8) is 0 Å². The van der Waals surface area contributed by atoms with Gasteiger partial charge in [0.1, 0.15) is 6.54 Å². The molecule has 1 aromatic heterocycles. The number of fused-ring (bicyclic) bond motifs is 1. The second-order valence-electron chi connectivity index (χ2n) is 5.92. The molecule has 3 rings (SSSR count). The van der Waals surface area contributed by atoms with Crippen molar-refractivity contribution in [2.24, 2.45) is 0 Å². The number of rotatable bonds is 4. The SMILES string of the molecule is Cc1cc(C)cc(NC(=O)Cn2cc(C=O)c3cc(Cl)ccc32)c1. The zero-order valence-electron chi connectivity index (χ0n) is 13.5. The first-order valence-corrected chi connectivity index (χ1v) is 7.96. The fraction of sp³-hybridized carbons (Fsp3) is 0.158. The summed E-state index contributed by atoms with van der Waals surface area (Å²) in [4.78, 5) is 23.6. The van der Waals surface area contributed by atoms with Gasteiger partial charge in [0.25, 0.3) is 0 Å². The number of benzene rings is 2. The highest BCUT2D eigenvalue weighted by Crippen LogP contribution is 2.24. The predicted octanol–water partition coefficient (Wildman–Crippen LogP) is 4.36. The number of aryl methyl sites for hydroxylation is 2. The zero-order chi connectivity index (χ0) is 17.3. The van der Waals surface area contributed by atoms with Crippen LogP contribution < -0.4 is 5.32 Å². The minimum absolute atomic E-state index is 0.124. The Morgan fingerprint density at radius 3 is 2.54 bits per heavy atom. The van der Waals surface area contributed by atoms with Crippen LogP contribution in [-0.4, -0.2) is 16.8 Å². The van der Waals surface area contributed by atoms with Gasteiger partial charge in [0.2, 0.25) is 5.91 Å². The van der Waals surface area contributed by atoms with E-state index in [1.165, 1.54) is 0 Å². The molecule has 1 heterocycles. The van der Waals surface area contributed by atoms with Crippen molar-refractivity contribution in [1.82, 2.24) is 4.57 Å². The van der Waals surface area contributed by atoms with Gasteiger partial charge in [-0.1, -0.05) is 17.7 Å². The summed E-state index contributed by atoms with van der Waals surface area (Å²) < 4.78 is 1.76. The monoisotopic (exact) mass is 340 g/mol. The van der Waals surface area contributed by atoms with Gasteiger partial charge in [0.05, 0.1) is 0 Å². The van der Waals surface area contributed by atoms with E-state index in [0.717, 1.165) is 34.0 Å². The van der Waals surface area contributed by atoms with Gasteiger partial charge < -0.3 is 9.88 Å². The van der Waals surface area contributed by atoms with Crippen LogP contribution in [0.1, 0.15) is 21.5 Å². The van der Waals surface area contributed by atoms with E-state index in [-0.39, 0.29) is 12.5 Å². The molecule has 122 valence electrons. The van der Waals surface area contributed by atoms with Crippen LogP contribution in [0.3, 0.4) is 0 Å². The van der Waals surface area contributed by atoms with E-state index < -0.39 is 0 Å². The molecule has 0 saturated carbocycles. The number of carbonyl (C=O) groups excluding carboxylic acids is 2. The number of amides is 1. The van der Waals surface area contributed by atoms with Crippen LogP contribution in [-0.2, 0) is 11.3 Å². The Bertz CT molecular complexity index is 924. The van der Waals surface area contributed by atoms with Gasteiger partial charge in [-0.15, -0.1) is 0 Å². The summed E-state index contributed by atoms with van der Waals surface area (Å²) in [7, 11) is 0. The van der Waals surface area contributed by atoms with Gasteiger partial charge in [-0.05, 0) is 55.3 Å². The van der Waals surface area contributed by atoms with Gasteiger partial charge in [-0.3, -0.25) is 9.59 Å². The summed E-state index contributed by atoms with van der Waals surface area (Å²) in [6.07, 6.45) is 2.45. The lowest BCUT2D eigenvalue weighted by Crippen LogP contribution is -2.18. The zero-order valence-corrected chi connectivity index (χ0v) is 14.2. The highest BCUT2D eigenvalue weighted by molar-refractivity contribution is 6.31. The minimum atomic E-state index is -0.149.